The lowest BCUT2D eigenvalue weighted by Crippen LogP contribution is -2.30. The van der Waals surface area contributed by atoms with Gasteiger partial charge in [-0.2, -0.15) is 0 Å². The molecule has 4 aromatic rings. The number of methoxy groups -OCH3 is 2. The quantitative estimate of drug-likeness (QED) is 0.332. The average Bonchev–Trinajstić information content (AvgIpc) is 3.31. The number of hydrogen-bond acceptors (Lipinski definition) is 6. The molecule has 3 aromatic carbocycles. The number of aromatic nitrogens is 3. The number of benzene rings is 3. The highest BCUT2D eigenvalue weighted by Gasteiger charge is 2.23. The van der Waals surface area contributed by atoms with Crippen molar-refractivity contribution in [3.05, 3.63) is 83.9 Å². The van der Waals surface area contributed by atoms with Gasteiger partial charge in [0.2, 0.25) is 5.91 Å². The highest BCUT2D eigenvalue weighted by Crippen LogP contribution is 2.34. The van der Waals surface area contributed by atoms with Crippen molar-refractivity contribution in [2.45, 2.75) is 30.8 Å². The highest BCUT2D eigenvalue weighted by atomic mass is 32.2. The topological polar surface area (TPSA) is 78.3 Å². The fourth-order valence-electron chi connectivity index (χ4n) is 3.56. The van der Waals surface area contributed by atoms with Gasteiger partial charge in [-0.3, -0.25) is 9.36 Å². The maximum atomic E-state index is 12.9. The van der Waals surface area contributed by atoms with Crippen LogP contribution in [0, 0.1) is 6.92 Å². The lowest BCUT2D eigenvalue weighted by atomic mass is 10.1. The third-order valence-electron chi connectivity index (χ3n) is 5.55. The van der Waals surface area contributed by atoms with E-state index in [2.05, 4.69) is 15.5 Å². The van der Waals surface area contributed by atoms with Gasteiger partial charge in [0.25, 0.3) is 0 Å². The van der Waals surface area contributed by atoms with E-state index in [0.29, 0.717) is 23.3 Å². The summed E-state index contributed by atoms with van der Waals surface area (Å²) in [7, 11) is 3.26. The van der Waals surface area contributed by atoms with Gasteiger partial charge in [0.1, 0.15) is 11.5 Å². The summed E-state index contributed by atoms with van der Waals surface area (Å²) in [6, 6.07) is 23.4. The first-order valence-corrected chi connectivity index (χ1v) is 12.1. The van der Waals surface area contributed by atoms with E-state index in [1.54, 1.807) is 14.2 Å². The van der Waals surface area contributed by atoms with Crippen molar-refractivity contribution in [2.75, 3.05) is 14.2 Å². The van der Waals surface area contributed by atoms with Gasteiger partial charge in [0.05, 0.1) is 30.7 Å². The second-order valence-electron chi connectivity index (χ2n) is 8.00. The van der Waals surface area contributed by atoms with E-state index in [-0.39, 0.29) is 11.2 Å². The van der Waals surface area contributed by atoms with Crippen LogP contribution in [0.15, 0.2) is 78.0 Å². The second-order valence-corrected chi connectivity index (χ2v) is 9.31. The Labute approximate surface area is 209 Å². The number of nitrogens with zero attached hydrogens (tertiary/aromatic N) is 3. The van der Waals surface area contributed by atoms with Crippen molar-refractivity contribution in [3.63, 3.8) is 0 Å². The van der Waals surface area contributed by atoms with E-state index in [1.165, 1.54) is 17.3 Å². The molecule has 1 unspecified atom stereocenters. The van der Waals surface area contributed by atoms with Crippen LogP contribution < -0.4 is 14.8 Å². The molecule has 1 aromatic heterocycles. The van der Waals surface area contributed by atoms with Gasteiger partial charge < -0.3 is 14.8 Å². The molecule has 0 radical (unpaired) electrons. The summed E-state index contributed by atoms with van der Waals surface area (Å²) in [4.78, 5) is 12.9. The van der Waals surface area contributed by atoms with Crippen LogP contribution in [-0.2, 0) is 11.3 Å². The summed E-state index contributed by atoms with van der Waals surface area (Å²) in [5, 5.41) is 12.2. The number of carbonyl (C=O) groups excluding carboxylic acids is 1. The molecule has 8 heteroatoms. The molecule has 4 rings (SSSR count). The van der Waals surface area contributed by atoms with E-state index >= 15 is 0 Å². The molecule has 0 bridgehead atoms. The Morgan fingerprint density at radius 2 is 1.69 bits per heavy atom. The predicted octanol–water partition coefficient (Wildman–Crippen LogP) is 5.06. The van der Waals surface area contributed by atoms with Crippen molar-refractivity contribution in [2.24, 2.45) is 0 Å². The molecule has 1 heterocycles. The summed E-state index contributed by atoms with van der Waals surface area (Å²) >= 11 is 1.35. The number of nitrogens with one attached hydrogen (secondary N) is 1. The van der Waals surface area contributed by atoms with Crippen LogP contribution in [0.25, 0.3) is 17.1 Å². The fourth-order valence-corrected chi connectivity index (χ4v) is 4.46. The maximum absolute atomic E-state index is 12.9. The molecule has 0 saturated carbocycles. The Balaban J connectivity index is 1.61. The lowest BCUT2D eigenvalue weighted by Gasteiger charge is -2.15. The van der Waals surface area contributed by atoms with Crippen LogP contribution in [0.5, 0.6) is 11.5 Å². The first kappa shape index (κ1) is 24.3. The third kappa shape index (κ3) is 5.66. The smallest absolute Gasteiger partial charge is 0.233 e. The van der Waals surface area contributed by atoms with Gasteiger partial charge in [0.15, 0.2) is 11.0 Å². The van der Waals surface area contributed by atoms with Crippen molar-refractivity contribution in [1.82, 2.24) is 20.1 Å². The van der Waals surface area contributed by atoms with Gasteiger partial charge in [-0.1, -0.05) is 53.7 Å². The van der Waals surface area contributed by atoms with E-state index in [9.17, 15) is 4.79 Å². The van der Waals surface area contributed by atoms with Crippen LogP contribution >= 0.6 is 11.8 Å². The second kappa shape index (κ2) is 11.1. The summed E-state index contributed by atoms with van der Waals surface area (Å²) in [6.45, 7) is 4.38. The minimum Gasteiger partial charge on any atom is -0.497 e. The SMILES string of the molecule is COc1ccc(-n2c(SC(C)C(=O)NCc3ccc(C)cc3)nnc2-c2ccccc2OC)cc1. The molecule has 35 heavy (non-hydrogen) atoms. The van der Waals surface area contributed by atoms with Gasteiger partial charge in [-0.15, -0.1) is 10.2 Å². The first-order chi connectivity index (χ1) is 17.0. The molecule has 180 valence electrons. The number of thioether (sulfide) groups is 1. The number of rotatable bonds is 9. The Kier molecular flexibility index (Phi) is 7.72. The van der Waals surface area contributed by atoms with Crippen molar-refractivity contribution >= 4 is 17.7 Å². The van der Waals surface area contributed by atoms with Crippen molar-refractivity contribution in [3.8, 4) is 28.6 Å². The molecule has 1 atom stereocenters. The minimum absolute atomic E-state index is 0.0707. The predicted molar refractivity (Wildman–Crippen MR) is 138 cm³/mol. The highest BCUT2D eigenvalue weighted by molar-refractivity contribution is 8.00. The number of amides is 1. The van der Waals surface area contributed by atoms with Gasteiger partial charge in [0, 0.05) is 6.54 Å². The van der Waals surface area contributed by atoms with Crippen LogP contribution in [0.2, 0.25) is 0 Å². The standard InChI is InChI=1S/C27H28N4O3S/c1-18-9-11-20(12-10-18)17-28-26(32)19(2)35-27-30-29-25(23-7-5-6-8-24(23)34-4)31(27)21-13-15-22(33-3)16-14-21/h5-16,19H,17H2,1-4H3,(H,28,32). The Morgan fingerprint density at radius 1 is 0.971 bits per heavy atom. The number of hydrogen-bond donors (Lipinski definition) is 1. The largest absolute Gasteiger partial charge is 0.497 e. The number of para-hydroxylation sites is 1. The average molecular weight is 489 g/mol. The number of carbonyl (C=O) groups is 1. The molecule has 0 saturated heterocycles. The summed E-state index contributed by atoms with van der Waals surface area (Å²) in [6.07, 6.45) is 0. The first-order valence-electron chi connectivity index (χ1n) is 11.2. The zero-order valence-corrected chi connectivity index (χ0v) is 21.0. The third-order valence-corrected chi connectivity index (χ3v) is 6.59. The number of aryl methyl sites for hydroxylation is 1. The van der Waals surface area contributed by atoms with Gasteiger partial charge >= 0.3 is 0 Å². The molecule has 0 aliphatic rings. The molecule has 7 nitrogen and oxygen atoms in total. The molecule has 0 fully saturated rings. The molecular formula is C27H28N4O3S. The zero-order chi connectivity index (χ0) is 24.8. The normalized spacial score (nSPS) is 11.7. The van der Waals surface area contributed by atoms with E-state index in [0.717, 1.165) is 22.6 Å². The van der Waals surface area contributed by atoms with Crippen molar-refractivity contribution < 1.29 is 14.3 Å². The molecule has 1 N–H and O–H groups in total. The van der Waals surface area contributed by atoms with Crippen LogP contribution in [0.1, 0.15) is 18.1 Å². The van der Waals surface area contributed by atoms with Gasteiger partial charge in [-0.25, -0.2) is 0 Å². The minimum atomic E-state index is -0.382. The van der Waals surface area contributed by atoms with E-state index in [1.807, 2.05) is 91.2 Å². The molecule has 0 aliphatic carbocycles. The Bertz CT molecular complexity index is 1290. The van der Waals surface area contributed by atoms with Crippen LogP contribution in [0.3, 0.4) is 0 Å². The van der Waals surface area contributed by atoms with Gasteiger partial charge in [-0.05, 0) is 55.8 Å². The molecule has 0 aliphatic heterocycles. The molecule has 1 amide bonds. The number of ether oxygens (including phenoxy) is 2. The Morgan fingerprint density at radius 3 is 2.37 bits per heavy atom. The fraction of sp³-hybridized carbons (Fsp3) is 0.222. The lowest BCUT2D eigenvalue weighted by molar-refractivity contribution is -0.120. The summed E-state index contributed by atoms with van der Waals surface area (Å²) in [5.41, 5.74) is 3.90. The van der Waals surface area contributed by atoms with E-state index < -0.39 is 0 Å². The molecular weight excluding hydrogens is 460 g/mol. The van der Waals surface area contributed by atoms with Crippen molar-refractivity contribution in [1.29, 1.82) is 0 Å². The van der Waals surface area contributed by atoms with Crippen LogP contribution in [-0.4, -0.2) is 40.1 Å². The van der Waals surface area contributed by atoms with Crippen LogP contribution in [0.4, 0.5) is 0 Å². The van der Waals surface area contributed by atoms with E-state index in [4.69, 9.17) is 9.47 Å². The molecule has 0 spiro atoms. The monoisotopic (exact) mass is 488 g/mol. The maximum Gasteiger partial charge on any atom is 0.233 e. The summed E-state index contributed by atoms with van der Waals surface area (Å²) < 4.78 is 12.8. The Hall–Kier alpha value is -3.78. The zero-order valence-electron chi connectivity index (χ0n) is 20.2. The summed E-state index contributed by atoms with van der Waals surface area (Å²) in [5.74, 6) is 2.00.